The molecule has 18 heavy (non-hydrogen) atoms. The first kappa shape index (κ1) is 12.6. The molecule has 0 saturated carbocycles. The zero-order valence-electron chi connectivity index (χ0n) is 10.6. The van der Waals surface area contributed by atoms with Crippen molar-refractivity contribution in [2.75, 3.05) is 0 Å². The van der Waals surface area contributed by atoms with Crippen molar-refractivity contribution in [1.29, 1.82) is 0 Å². The molecular formula is C17H17F. The van der Waals surface area contributed by atoms with Crippen LogP contribution >= 0.6 is 0 Å². The zero-order valence-corrected chi connectivity index (χ0v) is 10.6. The predicted octanol–water partition coefficient (Wildman–Crippen LogP) is 5.00. The third kappa shape index (κ3) is 3.30. The fourth-order valence-corrected chi connectivity index (χ4v) is 1.92. The number of hydrogen-bond donors (Lipinski definition) is 0. The van der Waals surface area contributed by atoms with E-state index in [1.807, 2.05) is 19.1 Å². The van der Waals surface area contributed by atoms with Gasteiger partial charge in [-0.25, -0.2) is 4.39 Å². The minimum absolute atomic E-state index is 0.193. The lowest BCUT2D eigenvalue weighted by Crippen LogP contribution is -1.84. The number of aryl methyl sites for hydroxylation is 1. The van der Waals surface area contributed by atoms with Crippen LogP contribution in [0.15, 0.2) is 60.7 Å². The lowest BCUT2D eigenvalue weighted by Gasteiger charge is -2.03. The summed E-state index contributed by atoms with van der Waals surface area (Å²) in [6.07, 6.45) is 6.39. The molecule has 2 aromatic rings. The first-order valence-corrected chi connectivity index (χ1v) is 6.25. The van der Waals surface area contributed by atoms with Crippen LogP contribution in [0.3, 0.4) is 0 Å². The Labute approximate surface area is 108 Å². The van der Waals surface area contributed by atoms with Crippen molar-refractivity contribution in [3.63, 3.8) is 0 Å². The van der Waals surface area contributed by atoms with Crippen molar-refractivity contribution >= 4 is 0 Å². The Morgan fingerprint density at radius 3 is 2.00 bits per heavy atom. The lowest BCUT2D eigenvalue weighted by molar-refractivity contribution is 0.628. The first-order valence-electron chi connectivity index (χ1n) is 6.25. The van der Waals surface area contributed by atoms with E-state index in [4.69, 9.17) is 0 Å². The Morgan fingerprint density at radius 2 is 1.44 bits per heavy atom. The fourth-order valence-electron chi connectivity index (χ4n) is 1.92. The van der Waals surface area contributed by atoms with Crippen molar-refractivity contribution in [3.05, 3.63) is 72.1 Å². The van der Waals surface area contributed by atoms with Gasteiger partial charge in [0.2, 0.25) is 0 Å². The summed E-state index contributed by atoms with van der Waals surface area (Å²) in [5, 5.41) is 0. The Hall–Kier alpha value is -1.89. The molecule has 0 aromatic heterocycles. The van der Waals surface area contributed by atoms with E-state index in [0.29, 0.717) is 0 Å². The molecule has 0 fully saturated rings. The minimum Gasteiger partial charge on any atom is -0.207 e. The lowest BCUT2D eigenvalue weighted by atomic mass is 10.0. The zero-order chi connectivity index (χ0) is 12.8. The molecule has 0 unspecified atom stereocenters. The minimum atomic E-state index is -0.193. The van der Waals surface area contributed by atoms with Crippen LogP contribution in [-0.2, 0) is 6.42 Å². The molecular weight excluding hydrogens is 223 g/mol. The summed E-state index contributed by atoms with van der Waals surface area (Å²) >= 11 is 0. The van der Waals surface area contributed by atoms with E-state index in [-0.39, 0.29) is 5.82 Å². The Bertz CT molecular complexity index is 506. The molecule has 1 heteroatoms. The van der Waals surface area contributed by atoms with Crippen molar-refractivity contribution in [3.8, 4) is 11.1 Å². The first-order chi connectivity index (χ1) is 8.79. The maximum atomic E-state index is 12.8. The smallest absolute Gasteiger partial charge is 0.123 e. The summed E-state index contributed by atoms with van der Waals surface area (Å²) in [6.45, 7) is 2.04. The number of benzene rings is 2. The molecule has 0 nitrogen and oxygen atoms in total. The molecule has 0 saturated heterocycles. The summed E-state index contributed by atoms with van der Waals surface area (Å²) < 4.78 is 12.8. The van der Waals surface area contributed by atoms with Gasteiger partial charge < -0.3 is 0 Å². The van der Waals surface area contributed by atoms with Gasteiger partial charge in [-0.2, -0.15) is 0 Å². The third-order valence-electron chi connectivity index (χ3n) is 2.97. The van der Waals surface area contributed by atoms with Crippen LogP contribution < -0.4 is 0 Å². The third-order valence-corrected chi connectivity index (χ3v) is 2.97. The Kier molecular flexibility index (Phi) is 4.30. The van der Waals surface area contributed by atoms with Crippen LogP contribution in [-0.4, -0.2) is 0 Å². The number of halogens is 1. The highest BCUT2D eigenvalue weighted by atomic mass is 19.1. The van der Waals surface area contributed by atoms with Gasteiger partial charge in [0.15, 0.2) is 0 Å². The van der Waals surface area contributed by atoms with E-state index in [1.165, 1.54) is 17.7 Å². The van der Waals surface area contributed by atoms with E-state index < -0.39 is 0 Å². The normalized spacial score (nSPS) is 11.0. The summed E-state index contributed by atoms with van der Waals surface area (Å²) in [4.78, 5) is 0. The summed E-state index contributed by atoms with van der Waals surface area (Å²) in [6, 6.07) is 15.1. The van der Waals surface area contributed by atoms with Crippen molar-refractivity contribution in [2.45, 2.75) is 19.8 Å². The molecule has 0 aliphatic carbocycles. The molecule has 0 atom stereocenters. The highest BCUT2D eigenvalue weighted by Gasteiger charge is 1.98. The van der Waals surface area contributed by atoms with Crippen LogP contribution in [0.1, 0.15) is 18.9 Å². The molecule has 0 N–H and O–H groups in total. The summed E-state index contributed by atoms with van der Waals surface area (Å²) in [5.41, 5.74) is 3.51. The molecule has 0 spiro atoms. The van der Waals surface area contributed by atoms with Crippen LogP contribution in [0, 0.1) is 5.82 Å². The van der Waals surface area contributed by atoms with Gasteiger partial charge in [0.25, 0.3) is 0 Å². The summed E-state index contributed by atoms with van der Waals surface area (Å²) in [5.74, 6) is -0.193. The highest BCUT2D eigenvalue weighted by molar-refractivity contribution is 5.63. The van der Waals surface area contributed by atoms with Gasteiger partial charge in [-0.3, -0.25) is 0 Å². The largest absolute Gasteiger partial charge is 0.207 e. The van der Waals surface area contributed by atoms with Crippen molar-refractivity contribution < 1.29 is 4.39 Å². The highest BCUT2D eigenvalue weighted by Crippen LogP contribution is 2.20. The van der Waals surface area contributed by atoms with Gasteiger partial charge in [0.1, 0.15) is 5.82 Å². The Balaban J connectivity index is 2.09. The molecule has 92 valence electrons. The van der Waals surface area contributed by atoms with Crippen LogP contribution in [0.5, 0.6) is 0 Å². The van der Waals surface area contributed by atoms with Crippen LogP contribution in [0.2, 0.25) is 0 Å². The second kappa shape index (κ2) is 6.15. The number of rotatable bonds is 4. The standard InChI is InChI=1S/C17H17F/c1-2-3-4-5-14-6-8-15(9-7-14)16-10-12-17(18)13-11-16/h2-3,6-13H,4-5H2,1H3. The molecule has 0 bridgehead atoms. The van der Waals surface area contributed by atoms with Gasteiger partial charge in [0, 0.05) is 0 Å². The molecule has 2 aromatic carbocycles. The molecule has 2 rings (SSSR count). The SMILES string of the molecule is CC=CCCc1ccc(-c2ccc(F)cc2)cc1. The van der Waals surface area contributed by atoms with Crippen molar-refractivity contribution in [1.82, 2.24) is 0 Å². The average Bonchev–Trinajstić information content (AvgIpc) is 2.41. The van der Waals surface area contributed by atoms with Gasteiger partial charge in [-0.05, 0) is 48.6 Å². The molecule has 0 aliphatic rings. The molecule has 0 aliphatic heterocycles. The predicted molar refractivity (Wildman–Crippen MR) is 75.0 cm³/mol. The van der Waals surface area contributed by atoms with Crippen LogP contribution in [0.4, 0.5) is 4.39 Å². The maximum Gasteiger partial charge on any atom is 0.123 e. The summed E-state index contributed by atoms with van der Waals surface area (Å²) in [7, 11) is 0. The topological polar surface area (TPSA) is 0 Å². The number of allylic oxidation sites excluding steroid dienone is 2. The maximum absolute atomic E-state index is 12.8. The van der Waals surface area contributed by atoms with Gasteiger partial charge in [0.05, 0.1) is 0 Å². The van der Waals surface area contributed by atoms with E-state index >= 15 is 0 Å². The van der Waals surface area contributed by atoms with Crippen molar-refractivity contribution in [2.24, 2.45) is 0 Å². The van der Waals surface area contributed by atoms with E-state index in [2.05, 4.69) is 36.4 Å². The fraction of sp³-hybridized carbons (Fsp3) is 0.176. The second-order valence-corrected chi connectivity index (χ2v) is 4.31. The Morgan fingerprint density at radius 1 is 0.889 bits per heavy atom. The van der Waals surface area contributed by atoms with E-state index in [0.717, 1.165) is 24.0 Å². The molecule has 0 amide bonds. The average molecular weight is 240 g/mol. The number of hydrogen-bond acceptors (Lipinski definition) is 0. The van der Waals surface area contributed by atoms with Gasteiger partial charge in [-0.1, -0.05) is 48.6 Å². The van der Waals surface area contributed by atoms with E-state index in [9.17, 15) is 4.39 Å². The van der Waals surface area contributed by atoms with Gasteiger partial charge in [-0.15, -0.1) is 0 Å². The van der Waals surface area contributed by atoms with E-state index in [1.54, 1.807) is 0 Å². The quantitative estimate of drug-likeness (QED) is 0.659. The molecule has 0 radical (unpaired) electrons. The van der Waals surface area contributed by atoms with Gasteiger partial charge >= 0.3 is 0 Å². The van der Waals surface area contributed by atoms with Crippen LogP contribution in [0.25, 0.3) is 11.1 Å². The second-order valence-electron chi connectivity index (χ2n) is 4.31. The monoisotopic (exact) mass is 240 g/mol. The molecule has 0 heterocycles.